The second-order valence-electron chi connectivity index (χ2n) is 26.6. The number of rotatable bonds is 70. The molecule has 2 unspecified atom stereocenters. The predicted molar refractivity (Wildman–Crippen MR) is 355 cm³/mol. The monoisotopic (exact) mass is 1180 g/mol. The number of carboxylic acid groups (broad SMARTS) is 1. The number of carboxylic acids is 1. The van der Waals surface area contributed by atoms with E-state index in [-0.39, 0.29) is 38.2 Å². The zero-order valence-electron chi connectivity index (χ0n) is 56.4. The first kappa shape index (κ1) is 81.0. The Kier molecular flexibility index (Phi) is 64.4. The van der Waals surface area contributed by atoms with Gasteiger partial charge in [0.25, 0.3) is 6.29 Å². The van der Waals surface area contributed by atoms with Gasteiger partial charge in [-0.1, -0.05) is 347 Å². The lowest BCUT2D eigenvalue weighted by atomic mass is 10.0. The van der Waals surface area contributed by atoms with E-state index in [4.69, 9.17) is 18.9 Å². The lowest BCUT2D eigenvalue weighted by Gasteiger charge is -2.25. The fraction of sp³-hybridized carbons (Fsp3) is 0.932. The van der Waals surface area contributed by atoms with Crippen molar-refractivity contribution in [3.8, 4) is 0 Å². The van der Waals surface area contributed by atoms with Crippen LogP contribution in [0.15, 0.2) is 12.2 Å². The largest absolute Gasteiger partial charge is 0.477 e. The highest BCUT2D eigenvalue weighted by Crippen LogP contribution is 2.20. The molecule has 0 amide bonds. The van der Waals surface area contributed by atoms with Gasteiger partial charge in [0.05, 0.1) is 34.4 Å². The first-order valence-electron chi connectivity index (χ1n) is 36.9. The number of aliphatic carboxylic acids is 1. The maximum Gasteiger partial charge on any atom is 0.361 e. The minimum absolute atomic E-state index is 0.175. The van der Waals surface area contributed by atoms with Gasteiger partial charge in [-0.2, -0.15) is 0 Å². The van der Waals surface area contributed by atoms with Crippen LogP contribution < -0.4 is 0 Å². The number of nitrogens with zero attached hydrogens (tertiary/aromatic N) is 1. The highest BCUT2D eigenvalue weighted by Gasteiger charge is 2.25. The summed E-state index contributed by atoms with van der Waals surface area (Å²) in [7, 11) is 5.99. The highest BCUT2D eigenvalue weighted by atomic mass is 16.7. The van der Waals surface area contributed by atoms with E-state index in [0.29, 0.717) is 17.4 Å². The molecule has 0 bridgehead atoms. The van der Waals surface area contributed by atoms with Crippen molar-refractivity contribution < 1.29 is 42.9 Å². The van der Waals surface area contributed by atoms with Crippen LogP contribution in [-0.2, 0) is 33.3 Å². The van der Waals surface area contributed by atoms with Gasteiger partial charge >= 0.3 is 17.9 Å². The van der Waals surface area contributed by atoms with Crippen LogP contribution in [0.4, 0.5) is 0 Å². The third-order valence-electron chi connectivity index (χ3n) is 17.0. The number of carbonyl (C=O) groups excluding carboxylic acids is 2. The van der Waals surface area contributed by atoms with Crippen molar-refractivity contribution in [2.75, 3.05) is 47.5 Å². The molecule has 1 N–H and O–H groups in total. The summed E-state index contributed by atoms with van der Waals surface area (Å²) in [6.45, 7) is 4.95. The Hall–Kier alpha value is -1.97. The number of unbranched alkanes of at least 4 members (excludes halogenated alkanes) is 53. The molecule has 0 aliphatic heterocycles. The molecule has 492 valence electrons. The van der Waals surface area contributed by atoms with E-state index >= 15 is 0 Å². The molecule has 0 saturated heterocycles. The predicted octanol–water partition coefficient (Wildman–Crippen LogP) is 22.8. The van der Waals surface area contributed by atoms with Crippen molar-refractivity contribution in [2.45, 2.75) is 399 Å². The van der Waals surface area contributed by atoms with Gasteiger partial charge in [-0.15, -0.1) is 0 Å². The Labute approximate surface area is 516 Å². The third-order valence-corrected chi connectivity index (χ3v) is 17.0. The Morgan fingerprint density at radius 3 is 0.892 bits per heavy atom. The molecule has 9 heteroatoms. The third kappa shape index (κ3) is 67.4. The van der Waals surface area contributed by atoms with Gasteiger partial charge in [-0.25, -0.2) is 4.79 Å². The van der Waals surface area contributed by atoms with Crippen LogP contribution in [-0.4, -0.2) is 87.4 Å². The van der Waals surface area contributed by atoms with Crippen LogP contribution in [0.1, 0.15) is 386 Å². The van der Waals surface area contributed by atoms with Crippen molar-refractivity contribution in [3.63, 3.8) is 0 Å². The van der Waals surface area contributed by atoms with Gasteiger partial charge in [0.15, 0.2) is 6.10 Å². The van der Waals surface area contributed by atoms with Gasteiger partial charge in [-0.3, -0.25) is 9.59 Å². The summed E-state index contributed by atoms with van der Waals surface area (Å²) in [4.78, 5) is 37.6. The SMILES string of the molecule is CCCCCCCCCC/C=C\CCCCCCCCCCCC(=O)OC(COC(=O)CCCCCCCCCCCCCCCCCCCCCCCCCCCCCCCCCCCCCCC)COC(OCC[N+](C)(C)C)C(=O)O. The van der Waals surface area contributed by atoms with Crippen LogP contribution in [0.25, 0.3) is 0 Å². The fourth-order valence-electron chi connectivity index (χ4n) is 11.4. The van der Waals surface area contributed by atoms with Crippen LogP contribution in [0.3, 0.4) is 0 Å². The molecule has 0 spiro atoms. The molecule has 0 heterocycles. The first-order valence-corrected chi connectivity index (χ1v) is 36.9. The van der Waals surface area contributed by atoms with Gasteiger partial charge in [0, 0.05) is 12.8 Å². The molecule has 0 aliphatic rings. The number of carbonyl (C=O) groups is 3. The molecule has 0 rings (SSSR count). The summed E-state index contributed by atoms with van der Waals surface area (Å²) in [5.41, 5.74) is 0. The second kappa shape index (κ2) is 66.0. The van der Waals surface area contributed by atoms with E-state index in [9.17, 15) is 19.5 Å². The minimum Gasteiger partial charge on any atom is -0.477 e. The first-order chi connectivity index (χ1) is 40.6. The Morgan fingerprint density at radius 1 is 0.349 bits per heavy atom. The maximum atomic E-state index is 12.9. The minimum atomic E-state index is -1.51. The second-order valence-corrected chi connectivity index (χ2v) is 26.6. The molecule has 0 aromatic heterocycles. The smallest absolute Gasteiger partial charge is 0.361 e. The molecule has 2 atom stereocenters. The number of ether oxygens (including phenoxy) is 4. The fourth-order valence-corrected chi connectivity index (χ4v) is 11.4. The van der Waals surface area contributed by atoms with Gasteiger partial charge in [0.2, 0.25) is 0 Å². The number of hydrogen-bond acceptors (Lipinski definition) is 7. The number of esters is 2. The normalized spacial score (nSPS) is 12.6. The molecular formula is C74H144NO8+. The summed E-state index contributed by atoms with van der Waals surface area (Å²) in [6.07, 6.45) is 77.9. The summed E-state index contributed by atoms with van der Waals surface area (Å²) < 4.78 is 23.0. The van der Waals surface area contributed by atoms with E-state index in [1.54, 1.807) is 0 Å². The zero-order valence-corrected chi connectivity index (χ0v) is 56.4. The van der Waals surface area contributed by atoms with Crippen LogP contribution in [0.5, 0.6) is 0 Å². The molecule has 0 aromatic rings. The van der Waals surface area contributed by atoms with Crippen LogP contribution >= 0.6 is 0 Å². The zero-order chi connectivity index (χ0) is 60.5. The van der Waals surface area contributed by atoms with Crippen molar-refractivity contribution in [1.82, 2.24) is 0 Å². The quantitative estimate of drug-likeness (QED) is 0.0211. The van der Waals surface area contributed by atoms with Gasteiger partial charge in [0.1, 0.15) is 13.2 Å². The summed E-state index contributed by atoms with van der Waals surface area (Å²) in [5.74, 6) is -1.98. The maximum absolute atomic E-state index is 12.9. The van der Waals surface area contributed by atoms with Crippen molar-refractivity contribution in [1.29, 1.82) is 0 Å². The van der Waals surface area contributed by atoms with E-state index in [1.807, 2.05) is 21.1 Å². The lowest BCUT2D eigenvalue weighted by molar-refractivity contribution is -0.870. The molecular weight excluding hydrogens is 1030 g/mol. The number of quaternary nitrogens is 1. The molecule has 83 heavy (non-hydrogen) atoms. The summed E-state index contributed by atoms with van der Waals surface area (Å²) in [6, 6.07) is 0. The molecule has 0 aliphatic carbocycles. The van der Waals surface area contributed by atoms with Crippen molar-refractivity contribution >= 4 is 17.9 Å². The Balaban J connectivity index is 3.95. The Morgan fingerprint density at radius 2 is 0.614 bits per heavy atom. The highest BCUT2D eigenvalue weighted by molar-refractivity contribution is 5.71. The number of allylic oxidation sites excluding steroid dienone is 2. The molecule has 0 saturated carbocycles. The Bertz CT molecular complexity index is 1370. The van der Waals surface area contributed by atoms with E-state index < -0.39 is 18.4 Å². The summed E-state index contributed by atoms with van der Waals surface area (Å²) >= 11 is 0. The lowest BCUT2D eigenvalue weighted by Crippen LogP contribution is -2.40. The standard InChI is InChI=1S/C74H143NO8/c1-6-8-10-12-14-16-18-20-22-24-26-28-29-30-31-32-33-34-35-36-37-38-39-40-41-42-43-45-46-48-50-52-54-56-58-60-62-64-71(76)81-68-70(69-82-74(73(78)79)80-67-66-75(3,4)5)83-72(77)65-63-61-59-57-55-53-51-49-47-44-27-25-23-21-19-17-15-13-11-9-7-2/h25,27,70,74H,6-24,26,28-69H2,1-5H3/p+1/b27-25-. The molecule has 0 radical (unpaired) electrons. The van der Waals surface area contributed by atoms with E-state index in [0.717, 1.165) is 38.5 Å². The van der Waals surface area contributed by atoms with Crippen molar-refractivity contribution in [3.05, 3.63) is 12.2 Å². The van der Waals surface area contributed by atoms with Crippen molar-refractivity contribution in [2.24, 2.45) is 0 Å². The van der Waals surface area contributed by atoms with Gasteiger partial charge < -0.3 is 28.5 Å². The average Bonchev–Trinajstić information content (AvgIpc) is 3.46. The molecule has 0 fully saturated rings. The summed E-state index contributed by atoms with van der Waals surface area (Å²) in [5, 5.41) is 9.74. The van der Waals surface area contributed by atoms with Gasteiger partial charge in [-0.05, 0) is 38.5 Å². The molecule has 0 aromatic carbocycles. The van der Waals surface area contributed by atoms with Crippen LogP contribution in [0.2, 0.25) is 0 Å². The van der Waals surface area contributed by atoms with E-state index in [2.05, 4.69) is 26.0 Å². The van der Waals surface area contributed by atoms with Crippen LogP contribution in [0, 0.1) is 0 Å². The number of likely N-dealkylation sites (N-methyl/N-ethyl adjacent to an activating group) is 1. The molecule has 9 nitrogen and oxygen atoms in total. The average molecular weight is 1180 g/mol. The number of hydrogen-bond donors (Lipinski definition) is 1. The topological polar surface area (TPSA) is 108 Å². The van der Waals surface area contributed by atoms with E-state index in [1.165, 1.54) is 321 Å².